The normalized spacial score (nSPS) is 39.1. The van der Waals surface area contributed by atoms with Crippen molar-refractivity contribution in [3.63, 3.8) is 0 Å². The van der Waals surface area contributed by atoms with Crippen LogP contribution < -0.4 is 9.47 Å². The van der Waals surface area contributed by atoms with Crippen LogP contribution in [0.1, 0.15) is 46.5 Å². The van der Waals surface area contributed by atoms with Gasteiger partial charge in [0.25, 0.3) is 0 Å². The van der Waals surface area contributed by atoms with Crippen LogP contribution in [0.2, 0.25) is 0 Å². The minimum atomic E-state index is -1.02. The lowest BCUT2D eigenvalue weighted by atomic mass is 9.61. The number of carbonyl (C=O) groups is 1. The maximum absolute atomic E-state index is 10.9. The van der Waals surface area contributed by atoms with Crippen molar-refractivity contribution < 1.29 is 28.8 Å². The number of hydrogen-bond acceptors (Lipinski definition) is 5. The van der Waals surface area contributed by atoms with E-state index in [9.17, 15) is 4.79 Å². The molecule has 2 unspecified atom stereocenters. The number of para-hydroxylation sites is 2. The largest absolute Gasteiger partial charge is 0.479 e. The number of aliphatic carboxylic acids is 1. The molecule has 4 rings (SSSR count). The summed E-state index contributed by atoms with van der Waals surface area (Å²) in [5, 5.41) is 8.92. The average Bonchev–Trinajstić information content (AvgIpc) is 2.86. The summed E-state index contributed by atoms with van der Waals surface area (Å²) in [6.45, 7) is 6.29. The van der Waals surface area contributed by atoms with Crippen molar-refractivity contribution in [1.82, 2.24) is 0 Å². The minimum Gasteiger partial charge on any atom is -0.479 e. The Labute approximate surface area is 172 Å². The molecule has 3 fully saturated rings. The second kappa shape index (κ2) is 8.52. The Balaban J connectivity index is 1.55. The van der Waals surface area contributed by atoms with Gasteiger partial charge >= 0.3 is 5.97 Å². The fourth-order valence-electron chi connectivity index (χ4n) is 5.51. The Bertz CT molecular complexity index is 721. The molecule has 2 aliphatic heterocycles. The molecule has 0 radical (unpaired) electrons. The summed E-state index contributed by atoms with van der Waals surface area (Å²) in [6, 6.07) is 7.16. The lowest BCUT2D eigenvalue weighted by Crippen LogP contribution is -2.54. The molecule has 1 N–H and O–H groups in total. The Morgan fingerprint density at radius 2 is 1.76 bits per heavy atom. The van der Waals surface area contributed by atoms with Gasteiger partial charge in [-0.3, -0.25) is 0 Å². The van der Waals surface area contributed by atoms with Crippen LogP contribution in [0.25, 0.3) is 0 Å². The third-order valence-electron chi connectivity index (χ3n) is 7.08. The first-order valence-corrected chi connectivity index (χ1v) is 10.8. The van der Waals surface area contributed by atoms with E-state index >= 15 is 0 Å². The highest BCUT2D eigenvalue weighted by Crippen LogP contribution is 2.52. The molecule has 6 heteroatoms. The third kappa shape index (κ3) is 4.24. The summed E-state index contributed by atoms with van der Waals surface area (Å²) in [4.78, 5) is 10.9. The van der Waals surface area contributed by atoms with Crippen LogP contribution in [0, 0.1) is 29.6 Å². The molecule has 0 bridgehead atoms. The summed E-state index contributed by atoms with van der Waals surface area (Å²) in [5.41, 5.74) is 0. The van der Waals surface area contributed by atoms with Crippen LogP contribution in [-0.4, -0.2) is 36.4 Å². The van der Waals surface area contributed by atoms with Crippen LogP contribution in [0.3, 0.4) is 0 Å². The van der Waals surface area contributed by atoms with E-state index in [2.05, 4.69) is 20.8 Å². The summed E-state index contributed by atoms with van der Waals surface area (Å²) >= 11 is 0. The van der Waals surface area contributed by atoms with Crippen LogP contribution >= 0.6 is 0 Å². The molecule has 1 aliphatic carbocycles. The molecule has 0 aromatic heterocycles. The van der Waals surface area contributed by atoms with Gasteiger partial charge in [-0.05, 0) is 56.1 Å². The highest BCUT2D eigenvalue weighted by atomic mass is 16.8. The van der Waals surface area contributed by atoms with E-state index in [1.807, 2.05) is 6.07 Å². The molecule has 0 spiro atoms. The molecule has 29 heavy (non-hydrogen) atoms. The van der Waals surface area contributed by atoms with Gasteiger partial charge in [-0.2, -0.15) is 0 Å². The molecule has 1 aromatic carbocycles. The summed E-state index contributed by atoms with van der Waals surface area (Å²) in [6.07, 6.45) is 4.16. The van der Waals surface area contributed by atoms with Crippen molar-refractivity contribution in [3.8, 4) is 11.5 Å². The first-order chi connectivity index (χ1) is 13.9. The number of hydrogen-bond donors (Lipinski definition) is 1. The van der Waals surface area contributed by atoms with E-state index in [1.54, 1.807) is 18.2 Å². The third-order valence-corrected chi connectivity index (χ3v) is 7.08. The second-order valence-electron chi connectivity index (χ2n) is 8.96. The van der Waals surface area contributed by atoms with Gasteiger partial charge in [0, 0.05) is 11.8 Å². The molecule has 160 valence electrons. The molecule has 0 amide bonds. The minimum absolute atomic E-state index is 0.179. The average molecular weight is 405 g/mol. The van der Waals surface area contributed by atoms with E-state index in [0.29, 0.717) is 35.2 Å². The summed E-state index contributed by atoms with van der Waals surface area (Å²) in [5.74, 6) is 2.37. The van der Waals surface area contributed by atoms with Gasteiger partial charge in [0.05, 0.1) is 6.10 Å². The number of rotatable bonds is 5. The molecule has 2 saturated heterocycles. The van der Waals surface area contributed by atoms with Crippen molar-refractivity contribution in [2.75, 3.05) is 6.61 Å². The van der Waals surface area contributed by atoms with Gasteiger partial charge < -0.3 is 24.1 Å². The van der Waals surface area contributed by atoms with Crippen LogP contribution in [0.15, 0.2) is 24.3 Å². The number of benzene rings is 1. The fraction of sp³-hybridized carbons (Fsp3) is 0.696. The lowest BCUT2D eigenvalue weighted by Gasteiger charge is -2.51. The Morgan fingerprint density at radius 1 is 1.03 bits per heavy atom. The zero-order valence-corrected chi connectivity index (χ0v) is 17.5. The predicted molar refractivity (Wildman–Crippen MR) is 107 cm³/mol. The Kier molecular flexibility index (Phi) is 6.02. The smallest absolute Gasteiger partial charge is 0.341 e. The lowest BCUT2D eigenvalue weighted by molar-refractivity contribution is -0.315. The molecule has 2 heterocycles. The Morgan fingerprint density at radius 3 is 2.52 bits per heavy atom. The molecule has 1 saturated carbocycles. The molecular weight excluding hydrogens is 372 g/mol. The molecule has 3 aliphatic rings. The summed E-state index contributed by atoms with van der Waals surface area (Å²) in [7, 11) is 0. The van der Waals surface area contributed by atoms with Gasteiger partial charge in [0.2, 0.25) is 6.29 Å². The number of carboxylic acids is 1. The van der Waals surface area contributed by atoms with Crippen molar-refractivity contribution in [1.29, 1.82) is 0 Å². The van der Waals surface area contributed by atoms with Crippen molar-refractivity contribution in [2.24, 2.45) is 29.6 Å². The second-order valence-corrected chi connectivity index (χ2v) is 8.96. The van der Waals surface area contributed by atoms with E-state index in [0.717, 1.165) is 12.8 Å². The highest BCUT2D eigenvalue weighted by Gasteiger charge is 2.52. The van der Waals surface area contributed by atoms with E-state index in [-0.39, 0.29) is 18.3 Å². The molecule has 8 atom stereocenters. The quantitative estimate of drug-likeness (QED) is 0.788. The molecular formula is C23H32O6. The highest BCUT2D eigenvalue weighted by molar-refractivity contribution is 5.68. The van der Waals surface area contributed by atoms with Crippen LogP contribution in [0.4, 0.5) is 0 Å². The standard InChI is InChI=1S/C23H32O6/c1-13-8-10-17-15(3)22(29-23-21(17)16(13)11-9-14(2)27-23)28-19-7-5-4-6-18(19)26-12-20(24)25/h4-7,13-17,21-23H,8-12H2,1-3H3,(H,24,25)/t13-,14?,15-,16+,17+,21?,22+,23+/m1/s1. The van der Waals surface area contributed by atoms with E-state index in [1.165, 1.54) is 12.8 Å². The SMILES string of the molecule is CC1CC[C@@H]2C3[C@@H](O1)O[C@H](Oc1ccccc1OCC(=O)O)[C@H](C)[C@@H]3CC[C@H]2C. The van der Waals surface area contributed by atoms with E-state index in [4.69, 9.17) is 24.1 Å². The van der Waals surface area contributed by atoms with Crippen LogP contribution in [-0.2, 0) is 14.3 Å². The van der Waals surface area contributed by atoms with Crippen molar-refractivity contribution in [2.45, 2.75) is 65.1 Å². The maximum Gasteiger partial charge on any atom is 0.341 e. The van der Waals surface area contributed by atoms with Crippen molar-refractivity contribution in [3.05, 3.63) is 24.3 Å². The fourth-order valence-corrected chi connectivity index (χ4v) is 5.51. The van der Waals surface area contributed by atoms with Gasteiger partial charge in [0.1, 0.15) is 0 Å². The number of ether oxygens (including phenoxy) is 4. The van der Waals surface area contributed by atoms with Gasteiger partial charge in [0.15, 0.2) is 24.4 Å². The van der Waals surface area contributed by atoms with Gasteiger partial charge in [-0.25, -0.2) is 4.79 Å². The monoisotopic (exact) mass is 404 g/mol. The Hall–Kier alpha value is -1.79. The zero-order valence-electron chi connectivity index (χ0n) is 17.5. The topological polar surface area (TPSA) is 74.2 Å². The first-order valence-electron chi connectivity index (χ1n) is 10.8. The van der Waals surface area contributed by atoms with Crippen LogP contribution in [0.5, 0.6) is 11.5 Å². The predicted octanol–water partition coefficient (Wildman–Crippen LogP) is 4.32. The number of carboxylic acid groups (broad SMARTS) is 1. The zero-order chi connectivity index (χ0) is 20.5. The molecule has 1 aromatic rings. The van der Waals surface area contributed by atoms with Gasteiger partial charge in [-0.1, -0.05) is 32.4 Å². The van der Waals surface area contributed by atoms with Crippen molar-refractivity contribution >= 4 is 5.97 Å². The maximum atomic E-state index is 10.9. The summed E-state index contributed by atoms with van der Waals surface area (Å²) < 4.78 is 24.4. The first kappa shape index (κ1) is 20.5. The van der Waals surface area contributed by atoms with E-state index < -0.39 is 18.9 Å². The molecule has 6 nitrogen and oxygen atoms in total. The van der Waals surface area contributed by atoms with Gasteiger partial charge in [-0.15, -0.1) is 0 Å².